The number of nitrogens with one attached hydrogen (secondary N) is 1. The van der Waals surface area contributed by atoms with Crippen LogP contribution in [0.25, 0.3) is 11.0 Å². The summed E-state index contributed by atoms with van der Waals surface area (Å²) in [4.78, 5) is 4.40. The van der Waals surface area contributed by atoms with Gasteiger partial charge in [0.05, 0.1) is 11.8 Å². The highest BCUT2D eigenvalue weighted by Crippen LogP contribution is 2.16. The predicted octanol–water partition coefficient (Wildman–Crippen LogP) is 0.747. The Morgan fingerprint density at radius 3 is 3.00 bits per heavy atom. The minimum Gasteiger partial charge on any atom is -0.392 e. The van der Waals surface area contributed by atoms with Gasteiger partial charge < -0.3 is 10.4 Å². The number of aliphatic hydroxyl groups is 1. The summed E-state index contributed by atoms with van der Waals surface area (Å²) in [5.74, 6) is 0. The maximum atomic E-state index is 9.16. The lowest BCUT2D eigenvalue weighted by Crippen LogP contribution is -2.23. The third-order valence-electron chi connectivity index (χ3n) is 2.69. The molecule has 0 aliphatic heterocycles. The van der Waals surface area contributed by atoms with Crippen LogP contribution in [0.1, 0.15) is 18.2 Å². The highest BCUT2D eigenvalue weighted by atomic mass is 16.3. The largest absolute Gasteiger partial charge is 0.392 e. The highest BCUT2D eigenvalue weighted by molar-refractivity contribution is 5.78. The molecule has 0 fully saturated rings. The van der Waals surface area contributed by atoms with Crippen LogP contribution in [0.5, 0.6) is 0 Å². The molecule has 0 aliphatic carbocycles. The summed E-state index contributed by atoms with van der Waals surface area (Å²) in [6.07, 6.45) is 1.52. The molecule has 92 valence electrons. The van der Waals surface area contributed by atoms with Gasteiger partial charge in [-0.25, -0.2) is 4.98 Å². The van der Waals surface area contributed by atoms with Gasteiger partial charge in [-0.2, -0.15) is 5.10 Å². The van der Waals surface area contributed by atoms with Crippen LogP contribution in [0.2, 0.25) is 0 Å². The molecule has 2 rings (SSSR count). The number of hydrogen-bond acceptors (Lipinski definition) is 4. The molecule has 2 aromatic rings. The second kappa shape index (κ2) is 4.81. The summed E-state index contributed by atoms with van der Waals surface area (Å²) in [6, 6.07) is 2.10. The number of aryl methyl sites for hydroxylation is 2. The van der Waals surface area contributed by atoms with Crippen LogP contribution < -0.4 is 5.32 Å². The molecule has 0 spiro atoms. The molecule has 0 radical (unpaired) electrons. The number of fused-ring (bicyclic) bond motifs is 1. The van der Waals surface area contributed by atoms with E-state index in [2.05, 4.69) is 21.5 Å². The maximum absolute atomic E-state index is 9.16. The summed E-state index contributed by atoms with van der Waals surface area (Å²) in [6.45, 7) is 5.04. The summed E-state index contributed by atoms with van der Waals surface area (Å²) < 4.78 is 1.79. The van der Waals surface area contributed by atoms with E-state index in [1.807, 2.05) is 20.2 Å². The van der Waals surface area contributed by atoms with E-state index in [-0.39, 0.29) is 6.10 Å². The second-order valence-electron chi connectivity index (χ2n) is 4.40. The van der Waals surface area contributed by atoms with Crippen LogP contribution in [0, 0.1) is 6.92 Å². The van der Waals surface area contributed by atoms with Crippen molar-refractivity contribution >= 4 is 11.0 Å². The Balaban J connectivity index is 2.17. The summed E-state index contributed by atoms with van der Waals surface area (Å²) >= 11 is 0. The zero-order valence-corrected chi connectivity index (χ0v) is 10.4. The van der Waals surface area contributed by atoms with Crippen molar-refractivity contribution in [3.63, 3.8) is 0 Å². The van der Waals surface area contributed by atoms with Gasteiger partial charge in [0.25, 0.3) is 0 Å². The first-order chi connectivity index (χ1) is 8.08. The molecular formula is C12H18N4O. The van der Waals surface area contributed by atoms with E-state index in [1.54, 1.807) is 11.6 Å². The maximum Gasteiger partial charge on any atom is 0.157 e. The standard InChI is InChI=1S/C12H18N4O/c1-8(17)5-13-6-10-4-11-9(2)15-16(3)12(11)14-7-10/h4,7-8,13,17H,5-6H2,1-3H3. The van der Waals surface area contributed by atoms with E-state index in [1.165, 1.54) is 0 Å². The van der Waals surface area contributed by atoms with Gasteiger partial charge in [0.1, 0.15) is 0 Å². The van der Waals surface area contributed by atoms with E-state index >= 15 is 0 Å². The van der Waals surface area contributed by atoms with Crippen molar-refractivity contribution in [2.75, 3.05) is 6.54 Å². The first-order valence-electron chi connectivity index (χ1n) is 5.75. The number of nitrogens with zero attached hydrogens (tertiary/aromatic N) is 3. The molecule has 5 nitrogen and oxygen atoms in total. The molecular weight excluding hydrogens is 216 g/mol. The van der Waals surface area contributed by atoms with E-state index in [0.29, 0.717) is 13.1 Å². The Morgan fingerprint density at radius 1 is 1.53 bits per heavy atom. The SMILES string of the molecule is Cc1nn(C)c2ncc(CNCC(C)O)cc12. The predicted molar refractivity (Wildman–Crippen MR) is 66.6 cm³/mol. The Morgan fingerprint density at radius 2 is 2.29 bits per heavy atom. The average molecular weight is 234 g/mol. The molecule has 17 heavy (non-hydrogen) atoms. The van der Waals surface area contributed by atoms with E-state index < -0.39 is 0 Å². The van der Waals surface area contributed by atoms with Crippen molar-refractivity contribution < 1.29 is 5.11 Å². The van der Waals surface area contributed by atoms with Crippen LogP contribution in [0.15, 0.2) is 12.3 Å². The van der Waals surface area contributed by atoms with Crippen molar-refractivity contribution in [3.05, 3.63) is 23.5 Å². The van der Waals surface area contributed by atoms with Crippen molar-refractivity contribution in [3.8, 4) is 0 Å². The van der Waals surface area contributed by atoms with Gasteiger partial charge in [0, 0.05) is 31.7 Å². The summed E-state index contributed by atoms with van der Waals surface area (Å²) in [7, 11) is 1.90. The molecule has 5 heteroatoms. The van der Waals surface area contributed by atoms with E-state index in [9.17, 15) is 0 Å². The number of aliphatic hydroxyl groups excluding tert-OH is 1. The zero-order chi connectivity index (χ0) is 12.4. The summed E-state index contributed by atoms with van der Waals surface area (Å²) in [5, 5.41) is 17.8. The number of rotatable bonds is 4. The van der Waals surface area contributed by atoms with Crippen LogP contribution in [0.4, 0.5) is 0 Å². The molecule has 1 unspecified atom stereocenters. The molecule has 0 saturated carbocycles. The normalized spacial score (nSPS) is 13.2. The molecule has 0 aliphatic rings. The fourth-order valence-corrected chi connectivity index (χ4v) is 1.87. The van der Waals surface area contributed by atoms with Gasteiger partial charge in [-0.3, -0.25) is 4.68 Å². The molecule has 2 heterocycles. The molecule has 2 aromatic heterocycles. The van der Waals surface area contributed by atoms with E-state index in [0.717, 1.165) is 22.3 Å². The third-order valence-corrected chi connectivity index (χ3v) is 2.69. The lowest BCUT2D eigenvalue weighted by atomic mass is 10.2. The molecule has 0 aromatic carbocycles. The Bertz CT molecular complexity index is 518. The Hall–Kier alpha value is -1.46. The number of aromatic nitrogens is 3. The molecule has 0 saturated heterocycles. The van der Waals surface area contributed by atoms with Gasteiger partial charge in [0.2, 0.25) is 0 Å². The smallest absolute Gasteiger partial charge is 0.157 e. The topological polar surface area (TPSA) is 63.0 Å². The average Bonchev–Trinajstić information content (AvgIpc) is 2.54. The first kappa shape index (κ1) is 12.0. The van der Waals surface area contributed by atoms with Crippen molar-refractivity contribution in [1.29, 1.82) is 0 Å². The monoisotopic (exact) mass is 234 g/mol. The van der Waals surface area contributed by atoms with Crippen LogP contribution in [-0.4, -0.2) is 32.5 Å². The van der Waals surface area contributed by atoms with Gasteiger partial charge in [-0.05, 0) is 25.5 Å². The Labute approximate surface area is 100 Å². The lowest BCUT2D eigenvalue weighted by molar-refractivity contribution is 0.191. The van der Waals surface area contributed by atoms with Crippen molar-refractivity contribution in [1.82, 2.24) is 20.1 Å². The van der Waals surface area contributed by atoms with Gasteiger partial charge in [0.15, 0.2) is 5.65 Å². The minimum absolute atomic E-state index is 0.327. The molecule has 0 amide bonds. The number of pyridine rings is 1. The third kappa shape index (κ3) is 2.62. The summed E-state index contributed by atoms with van der Waals surface area (Å²) in [5.41, 5.74) is 3.00. The second-order valence-corrected chi connectivity index (χ2v) is 4.40. The highest BCUT2D eigenvalue weighted by Gasteiger charge is 2.06. The Kier molecular flexibility index (Phi) is 3.40. The first-order valence-corrected chi connectivity index (χ1v) is 5.75. The van der Waals surface area contributed by atoms with Gasteiger partial charge >= 0.3 is 0 Å². The zero-order valence-electron chi connectivity index (χ0n) is 10.4. The molecule has 1 atom stereocenters. The van der Waals surface area contributed by atoms with Crippen LogP contribution in [-0.2, 0) is 13.6 Å². The molecule has 2 N–H and O–H groups in total. The minimum atomic E-state index is -0.327. The fraction of sp³-hybridized carbons (Fsp3) is 0.500. The fourth-order valence-electron chi connectivity index (χ4n) is 1.87. The molecule has 0 bridgehead atoms. The van der Waals surface area contributed by atoms with Crippen molar-refractivity contribution in [2.24, 2.45) is 7.05 Å². The lowest BCUT2D eigenvalue weighted by Gasteiger charge is -2.06. The van der Waals surface area contributed by atoms with E-state index in [4.69, 9.17) is 5.11 Å². The van der Waals surface area contributed by atoms with Crippen molar-refractivity contribution in [2.45, 2.75) is 26.5 Å². The van der Waals surface area contributed by atoms with Crippen LogP contribution >= 0.6 is 0 Å². The van der Waals surface area contributed by atoms with Gasteiger partial charge in [-0.1, -0.05) is 0 Å². The van der Waals surface area contributed by atoms with Gasteiger partial charge in [-0.15, -0.1) is 0 Å². The quantitative estimate of drug-likeness (QED) is 0.819. The van der Waals surface area contributed by atoms with Crippen LogP contribution in [0.3, 0.4) is 0 Å². The number of hydrogen-bond donors (Lipinski definition) is 2.